The van der Waals surface area contributed by atoms with E-state index in [1.54, 1.807) is 30.3 Å². The molecule has 0 spiro atoms. The van der Waals surface area contributed by atoms with Gasteiger partial charge in [-0.05, 0) is 56.5 Å². The summed E-state index contributed by atoms with van der Waals surface area (Å²) in [5.74, 6) is -0.195. The van der Waals surface area contributed by atoms with Gasteiger partial charge in [-0.25, -0.2) is 8.42 Å². The Morgan fingerprint density at radius 2 is 1.52 bits per heavy atom. The van der Waals surface area contributed by atoms with E-state index in [4.69, 9.17) is 0 Å². The topological polar surface area (TPSA) is 69.7 Å². The largest absolute Gasteiger partial charge is 0.353 e. The van der Waals surface area contributed by atoms with Crippen LogP contribution in [-0.2, 0) is 14.8 Å². The van der Waals surface area contributed by atoms with Gasteiger partial charge >= 0.3 is 0 Å². The number of carbonyl (C=O) groups is 1. The minimum Gasteiger partial charge on any atom is -0.353 e. The lowest BCUT2D eigenvalue weighted by Crippen LogP contribution is -2.52. The summed E-state index contributed by atoms with van der Waals surface area (Å²) in [5, 5.41) is 3.09. The van der Waals surface area contributed by atoms with Gasteiger partial charge in [0.25, 0.3) is 0 Å². The van der Waals surface area contributed by atoms with Gasteiger partial charge in [-0.2, -0.15) is 4.31 Å². The highest BCUT2D eigenvalue weighted by Crippen LogP contribution is 2.27. The third-order valence-electron chi connectivity index (χ3n) is 6.34. The van der Waals surface area contributed by atoms with Crippen LogP contribution in [0.25, 0.3) is 0 Å². The van der Waals surface area contributed by atoms with E-state index >= 15 is 0 Å². The first-order valence-corrected chi connectivity index (χ1v) is 12.6. The summed E-state index contributed by atoms with van der Waals surface area (Å²) in [7, 11) is -3.70. The molecule has 2 aromatic rings. The lowest BCUT2D eigenvalue weighted by atomic mass is 10.0. The molecule has 1 amide bonds. The Morgan fingerprint density at radius 3 is 2.19 bits per heavy atom. The van der Waals surface area contributed by atoms with Crippen molar-refractivity contribution in [3.8, 4) is 0 Å². The summed E-state index contributed by atoms with van der Waals surface area (Å²) >= 11 is 0. The Balaban J connectivity index is 1.49. The zero-order valence-electron chi connectivity index (χ0n) is 17.8. The fourth-order valence-corrected chi connectivity index (χ4v) is 6.36. The number of sulfonamides is 1. The molecule has 1 N–H and O–H groups in total. The Morgan fingerprint density at radius 1 is 0.903 bits per heavy atom. The molecule has 2 unspecified atom stereocenters. The Hall–Kier alpha value is -2.22. The molecule has 0 bridgehead atoms. The van der Waals surface area contributed by atoms with Crippen molar-refractivity contribution in [2.24, 2.45) is 0 Å². The third-order valence-corrected chi connectivity index (χ3v) is 8.26. The van der Waals surface area contributed by atoms with Gasteiger partial charge in [-0.15, -0.1) is 0 Å². The number of hydrogen-bond donors (Lipinski definition) is 1. The first-order valence-electron chi connectivity index (χ1n) is 11.2. The van der Waals surface area contributed by atoms with Crippen molar-refractivity contribution < 1.29 is 13.2 Å². The number of carbonyl (C=O) groups excluding carboxylic acids is 1. The number of rotatable bonds is 7. The number of likely N-dealkylation sites (tertiary alicyclic amines) is 1. The summed E-state index contributed by atoms with van der Waals surface area (Å²) in [6.07, 6.45) is 4.52. The van der Waals surface area contributed by atoms with Crippen LogP contribution >= 0.6 is 0 Å². The van der Waals surface area contributed by atoms with Crippen molar-refractivity contribution in [3.63, 3.8) is 0 Å². The van der Waals surface area contributed by atoms with Crippen molar-refractivity contribution in [2.75, 3.05) is 26.2 Å². The van der Waals surface area contributed by atoms with E-state index in [2.05, 4.69) is 22.3 Å². The summed E-state index contributed by atoms with van der Waals surface area (Å²) in [6.45, 7) is 2.91. The van der Waals surface area contributed by atoms with E-state index in [9.17, 15) is 13.2 Å². The van der Waals surface area contributed by atoms with Crippen molar-refractivity contribution in [1.29, 1.82) is 0 Å². The van der Waals surface area contributed by atoms with Gasteiger partial charge in [-0.1, -0.05) is 55.0 Å². The molecule has 2 aromatic carbocycles. The monoisotopic (exact) mass is 441 g/mol. The van der Waals surface area contributed by atoms with Gasteiger partial charge in [0, 0.05) is 13.1 Å². The summed E-state index contributed by atoms with van der Waals surface area (Å²) in [6, 6.07) is 18.1. The molecule has 31 heavy (non-hydrogen) atoms. The molecule has 2 heterocycles. The number of amides is 1. The number of benzene rings is 2. The zero-order valence-corrected chi connectivity index (χ0v) is 18.6. The summed E-state index contributed by atoms with van der Waals surface area (Å²) in [4.78, 5) is 15.9. The van der Waals surface area contributed by atoms with Crippen LogP contribution in [0.2, 0.25) is 0 Å². The van der Waals surface area contributed by atoms with Crippen LogP contribution in [0, 0.1) is 0 Å². The van der Waals surface area contributed by atoms with Crippen LogP contribution in [-0.4, -0.2) is 55.8 Å². The van der Waals surface area contributed by atoms with Crippen molar-refractivity contribution in [2.45, 2.75) is 49.1 Å². The molecule has 0 saturated carbocycles. The van der Waals surface area contributed by atoms with Crippen molar-refractivity contribution in [3.05, 3.63) is 66.2 Å². The highest BCUT2D eigenvalue weighted by atomic mass is 32.2. The molecule has 4 rings (SSSR count). The van der Waals surface area contributed by atoms with Gasteiger partial charge < -0.3 is 5.32 Å². The standard InChI is InChI=1S/C24H31N3O3S/c28-24(25-19-23(26-16-9-10-17-26)20-11-3-1-4-12-20)22-15-7-8-18-27(22)31(29,30)21-13-5-2-6-14-21/h1-6,11-14,22-23H,7-10,15-19H2,(H,25,28). The van der Waals surface area contributed by atoms with Crippen molar-refractivity contribution in [1.82, 2.24) is 14.5 Å². The predicted molar refractivity (Wildman–Crippen MR) is 121 cm³/mol. The molecule has 2 fully saturated rings. The molecule has 2 atom stereocenters. The molecule has 2 aliphatic heterocycles. The predicted octanol–water partition coefficient (Wildman–Crippen LogP) is 3.18. The van der Waals surface area contributed by atoms with Gasteiger partial charge in [0.15, 0.2) is 0 Å². The smallest absolute Gasteiger partial charge is 0.243 e. The first-order chi connectivity index (χ1) is 15.1. The third kappa shape index (κ3) is 5.00. The van der Waals surface area contributed by atoms with Gasteiger partial charge in [0.1, 0.15) is 6.04 Å². The molecule has 0 radical (unpaired) electrons. The number of nitrogens with one attached hydrogen (secondary N) is 1. The highest BCUT2D eigenvalue weighted by Gasteiger charge is 2.38. The average molecular weight is 442 g/mol. The molecular weight excluding hydrogens is 410 g/mol. The minimum absolute atomic E-state index is 0.107. The molecule has 0 aromatic heterocycles. The summed E-state index contributed by atoms with van der Waals surface area (Å²) in [5.41, 5.74) is 1.18. The van der Waals surface area contributed by atoms with E-state index in [0.717, 1.165) is 25.9 Å². The van der Waals surface area contributed by atoms with Crippen LogP contribution in [0.1, 0.15) is 43.7 Å². The fourth-order valence-electron chi connectivity index (χ4n) is 4.68. The van der Waals surface area contributed by atoms with E-state index in [-0.39, 0.29) is 16.8 Å². The van der Waals surface area contributed by atoms with Crippen LogP contribution in [0.4, 0.5) is 0 Å². The second kappa shape index (κ2) is 9.94. The summed E-state index contributed by atoms with van der Waals surface area (Å²) < 4.78 is 27.8. The lowest BCUT2D eigenvalue weighted by molar-refractivity contribution is -0.125. The maximum absolute atomic E-state index is 13.2. The molecule has 6 nitrogen and oxygen atoms in total. The van der Waals surface area contributed by atoms with Gasteiger partial charge in [-0.3, -0.25) is 9.69 Å². The van der Waals surface area contributed by atoms with Crippen molar-refractivity contribution >= 4 is 15.9 Å². The lowest BCUT2D eigenvalue weighted by Gasteiger charge is -2.34. The quantitative estimate of drug-likeness (QED) is 0.717. The Bertz CT molecular complexity index is 960. The number of piperidine rings is 1. The average Bonchev–Trinajstić information content (AvgIpc) is 3.35. The molecule has 2 saturated heterocycles. The maximum Gasteiger partial charge on any atom is 0.243 e. The van der Waals surface area contributed by atoms with E-state index < -0.39 is 16.1 Å². The maximum atomic E-state index is 13.2. The normalized spacial score (nSPS) is 21.6. The molecule has 2 aliphatic rings. The highest BCUT2D eigenvalue weighted by molar-refractivity contribution is 7.89. The molecular formula is C24H31N3O3S. The van der Waals surface area contributed by atoms with Crippen LogP contribution in [0.15, 0.2) is 65.6 Å². The first kappa shape index (κ1) is 22.0. The zero-order chi connectivity index (χ0) is 21.7. The number of nitrogens with zero attached hydrogens (tertiary/aromatic N) is 2. The minimum atomic E-state index is -3.70. The van der Waals surface area contributed by atoms with Gasteiger partial charge in [0.05, 0.1) is 10.9 Å². The van der Waals surface area contributed by atoms with Crippen LogP contribution in [0.5, 0.6) is 0 Å². The Kier molecular flexibility index (Phi) is 7.05. The van der Waals surface area contributed by atoms with E-state index in [1.165, 1.54) is 22.7 Å². The SMILES string of the molecule is O=C(NCC(c1ccccc1)N1CCCC1)C1CCCCN1S(=O)(=O)c1ccccc1. The second-order valence-corrected chi connectivity index (χ2v) is 10.2. The van der Waals surface area contributed by atoms with Gasteiger partial charge in [0.2, 0.25) is 15.9 Å². The fraction of sp³-hybridized carbons (Fsp3) is 0.458. The van der Waals surface area contributed by atoms with E-state index in [0.29, 0.717) is 19.5 Å². The second-order valence-electron chi connectivity index (χ2n) is 8.36. The molecule has 7 heteroatoms. The van der Waals surface area contributed by atoms with E-state index in [1.807, 2.05) is 18.2 Å². The number of hydrogen-bond acceptors (Lipinski definition) is 4. The van der Waals surface area contributed by atoms with Crippen LogP contribution in [0.3, 0.4) is 0 Å². The van der Waals surface area contributed by atoms with Crippen LogP contribution < -0.4 is 5.32 Å². The molecule has 166 valence electrons. The molecule has 0 aliphatic carbocycles. The Labute approximate surface area is 185 Å².